The highest BCUT2D eigenvalue weighted by molar-refractivity contribution is 6.31. The van der Waals surface area contributed by atoms with Crippen LogP contribution in [0.4, 0.5) is 0 Å². The van der Waals surface area contributed by atoms with E-state index in [-0.39, 0.29) is 17.1 Å². The molecule has 1 heterocycles. The highest BCUT2D eigenvalue weighted by atomic mass is 35.5. The molecule has 4 rings (SSSR count). The number of ketones is 1. The minimum absolute atomic E-state index is 0.0158. The van der Waals surface area contributed by atoms with Gasteiger partial charge in [-0.1, -0.05) is 17.7 Å². The van der Waals surface area contributed by atoms with Crippen molar-refractivity contribution in [3.63, 3.8) is 0 Å². The predicted molar refractivity (Wildman–Crippen MR) is 110 cm³/mol. The Morgan fingerprint density at radius 2 is 2.00 bits per heavy atom. The van der Waals surface area contributed by atoms with Gasteiger partial charge in [-0.3, -0.25) is 14.6 Å². The number of hydrogen-bond acceptors (Lipinski definition) is 5. The molecule has 1 amide bonds. The first-order valence-corrected chi connectivity index (χ1v) is 9.68. The summed E-state index contributed by atoms with van der Waals surface area (Å²) >= 11 is 6.36. The maximum Gasteiger partial charge on any atom is 0.252 e. The first-order valence-electron chi connectivity index (χ1n) is 9.30. The zero-order valence-corrected chi connectivity index (χ0v) is 16.3. The highest BCUT2D eigenvalue weighted by Gasteiger charge is 2.24. The zero-order valence-electron chi connectivity index (χ0n) is 15.5. The van der Waals surface area contributed by atoms with Crippen molar-refractivity contribution in [3.8, 4) is 17.2 Å². The summed E-state index contributed by atoms with van der Waals surface area (Å²) in [6, 6.07) is 9.64. The average molecular weight is 411 g/mol. The van der Waals surface area contributed by atoms with Crippen LogP contribution >= 0.6 is 11.6 Å². The van der Waals surface area contributed by atoms with Crippen molar-refractivity contribution in [2.75, 3.05) is 0 Å². The third-order valence-electron chi connectivity index (χ3n) is 4.94. The number of fused-ring (bicyclic) bond motifs is 1. The number of phenols is 1. The number of halogens is 1. The van der Waals surface area contributed by atoms with Crippen LogP contribution in [-0.4, -0.2) is 21.8 Å². The number of nitrogens with zero attached hydrogens (tertiary/aromatic N) is 1. The molecule has 3 aromatic rings. The van der Waals surface area contributed by atoms with Crippen LogP contribution in [0.15, 0.2) is 42.6 Å². The first-order chi connectivity index (χ1) is 13.9. The zero-order chi connectivity index (χ0) is 20.5. The van der Waals surface area contributed by atoms with Gasteiger partial charge in [0.1, 0.15) is 23.0 Å². The van der Waals surface area contributed by atoms with Crippen molar-refractivity contribution in [2.24, 2.45) is 11.7 Å². The average Bonchev–Trinajstić information content (AvgIpc) is 3.47. The Bertz CT molecular complexity index is 1130. The summed E-state index contributed by atoms with van der Waals surface area (Å²) in [7, 11) is 0. The molecule has 1 aliphatic rings. The molecule has 2 aromatic carbocycles. The van der Waals surface area contributed by atoms with Gasteiger partial charge < -0.3 is 15.6 Å². The van der Waals surface area contributed by atoms with Crippen LogP contribution in [0, 0.1) is 5.92 Å². The van der Waals surface area contributed by atoms with E-state index in [1.54, 1.807) is 24.3 Å². The van der Waals surface area contributed by atoms with Crippen LogP contribution in [0.1, 0.15) is 35.2 Å². The van der Waals surface area contributed by atoms with E-state index in [0.29, 0.717) is 46.2 Å². The molecule has 0 radical (unpaired) electrons. The quantitative estimate of drug-likeness (QED) is 0.601. The van der Waals surface area contributed by atoms with Gasteiger partial charge in [0.05, 0.1) is 11.1 Å². The number of aromatic hydroxyl groups is 1. The van der Waals surface area contributed by atoms with E-state index in [1.807, 2.05) is 0 Å². The number of rotatable bonds is 7. The molecule has 29 heavy (non-hydrogen) atoms. The van der Waals surface area contributed by atoms with Gasteiger partial charge >= 0.3 is 0 Å². The minimum atomic E-state index is -0.748. The second-order valence-electron chi connectivity index (χ2n) is 7.28. The lowest BCUT2D eigenvalue weighted by molar-refractivity contribution is -0.118. The van der Waals surface area contributed by atoms with Gasteiger partial charge in [-0.2, -0.15) is 0 Å². The summed E-state index contributed by atoms with van der Waals surface area (Å²) in [5, 5.41) is 10.9. The predicted octanol–water partition coefficient (Wildman–Crippen LogP) is 4.40. The van der Waals surface area contributed by atoms with Crippen molar-refractivity contribution < 1.29 is 19.4 Å². The Balaban J connectivity index is 1.59. The highest BCUT2D eigenvalue weighted by Crippen LogP contribution is 2.35. The lowest BCUT2D eigenvalue weighted by Crippen LogP contribution is -2.11. The van der Waals surface area contributed by atoms with Gasteiger partial charge in [0.25, 0.3) is 5.91 Å². The molecule has 0 unspecified atom stereocenters. The number of benzene rings is 2. The third kappa shape index (κ3) is 4.32. The summed E-state index contributed by atoms with van der Waals surface area (Å²) < 4.78 is 5.94. The van der Waals surface area contributed by atoms with Crippen molar-refractivity contribution in [1.82, 2.24) is 4.98 Å². The van der Waals surface area contributed by atoms with E-state index < -0.39 is 5.91 Å². The van der Waals surface area contributed by atoms with Gasteiger partial charge in [0.2, 0.25) is 0 Å². The lowest BCUT2D eigenvalue weighted by Gasteiger charge is -2.12. The van der Waals surface area contributed by atoms with Gasteiger partial charge in [-0.15, -0.1) is 0 Å². The summed E-state index contributed by atoms with van der Waals surface area (Å²) in [5.41, 5.74) is 6.52. The van der Waals surface area contributed by atoms with Crippen LogP contribution < -0.4 is 10.5 Å². The van der Waals surface area contributed by atoms with Crippen LogP contribution in [-0.2, 0) is 11.2 Å². The van der Waals surface area contributed by atoms with Crippen molar-refractivity contribution in [3.05, 3.63) is 58.7 Å². The Morgan fingerprint density at radius 3 is 2.69 bits per heavy atom. The number of pyridine rings is 1. The molecule has 0 atom stereocenters. The molecule has 3 N–H and O–H groups in total. The number of primary amides is 1. The number of amides is 1. The van der Waals surface area contributed by atoms with E-state index in [0.717, 1.165) is 18.4 Å². The Labute approximate surface area is 172 Å². The van der Waals surface area contributed by atoms with E-state index in [1.165, 1.54) is 18.3 Å². The molecule has 1 saturated carbocycles. The van der Waals surface area contributed by atoms with Gasteiger partial charge in [-0.25, -0.2) is 0 Å². The monoisotopic (exact) mass is 410 g/mol. The van der Waals surface area contributed by atoms with Crippen molar-refractivity contribution in [1.29, 1.82) is 0 Å². The second-order valence-corrected chi connectivity index (χ2v) is 7.69. The van der Waals surface area contributed by atoms with Gasteiger partial charge in [0.15, 0.2) is 0 Å². The molecule has 0 bridgehead atoms. The number of ether oxygens (including phenoxy) is 1. The maximum absolute atomic E-state index is 12.1. The van der Waals surface area contributed by atoms with Crippen LogP contribution in [0.2, 0.25) is 5.02 Å². The summed E-state index contributed by atoms with van der Waals surface area (Å²) in [5.74, 6) is 0.677. The van der Waals surface area contributed by atoms with E-state index in [2.05, 4.69) is 4.98 Å². The van der Waals surface area contributed by atoms with Crippen molar-refractivity contribution >= 4 is 34.2 Å². The number of carbonyl (C=O) groups excluding carboxylic acids is 2. The molecule has 0 spiro atoms. The maximum atomic E-state index is 12.1. The molecule has 1 aromatic heterocycles. The molecular weight excluding hydrogens is 392 g/mol. The topological polar surface area (TPSA) is 103 Å². The normalized spacial score (nSPS) is 13.4. The number of Topliss-reactive ketones (excluding diaryl/α,β-unsaturated/α-hetero) is 1. The van der Waals surface area contributed by atoms with Gasteiger partial charge in [0, 0.05) is 35.5 Å². The summed E-state index contributed by atoms with van der Waals surface area (Å²) in [6.07, 6.45) is 4.75. The molecule has 1 fully saturated rings. The molecular formula is C22H19ClN2O4. The minimum Gasteiger partial charge on any atom is -0.507 e. The summed E-state index contributed by atoms with van der Waals surface area (Å²) in [6.45, 7) is 0. The fourth-order valence-corrected chi connectivity index (χ4v) is 3.47. The molecule has 0 saturated heterocycles. The standard InChI is InChI=1S/C22H19ClN2O4/c23-18-9-15(4-3-13(18)8-14(26)7-12-1-2-12)29-21-5-6-25-19-11-20(27)17(22(24)28)10-16(19)21/h3-6,9-12,27H,1-2,7-8H2,(H2,24,28). The van der Waals surface area contributed by atoms with E-state index >= 15 is 0 Å². The SMILES string of the molecule is NC(=O)c1cc2c(Oc3ccc(CC(=O)CC4CC4)c(Cl)c3)ccnc2cc1O. The van der Waals surface area contributed by atoms with Crippen LogP contribution in [0.3, 0.4) is 0 Å². The Kier molecular flexibility index (Phi) is 5.11. The molecule has 148 valence electrons. The molecule has 7 heteroatoms. The lowest BCUT2D eigenvalue weighted by atomic mass is 10.0. The fraction of sp³-hybridized carbons (Fsp3) is 0.227. The van der Waals surface area contributed by atoms with Gasteiger partial charge in [-0.05, 0) is 48.6 Å². The van der Waals surface area contributed by atoms with Crippen LogP contribution in [0.25, 0.3) is 10.9 Å². The number of nitrogens with two attached hydrogens (primary N) is 1. The van der Waals surface area contributed by atoms with E-state index in [9.17, 15) is 14.7 Å². The molecule has 0 aliphatic heterocycles. The smallest absolute Gasteiger partial charge is 0.252 e. The first kappa shape index (κ1) is 19.2. The molecule has 6 nitrogen and oxygen atoms in total. The third-order valence-corrected chi connectivity index (χ3v) is 5.29. The Morgan fingerprint density at radius 1 is 1.21 bits per heavy atom. The molecule has 1 aliphatic carbocycles. The van der Waals surface area contributed by atoms with Crippen molar-refractivity contribution in [2.45, 2.75) is 25.7 Å². The summed E-state index contributed by atoms with van der Waals surface area (Å²) in [4.78, 5) is 27.8. The number of carbonyl (C=O) groups is 2. The second kappa shape index (κ2) is 7.72. The number of hydrogen-bond donors (Lipinski definition) is 2. The number of aromatic nitrogens is 1. The Hall–Kier alpha value is -3.12. The fourth-order valence-electron chi connectivity index (χ4n) is 3.23. The van der Waals surface area contributed by atoms with E-state index in [4.69, 9.17) is 22.1 Å². The largest absolute Gasteiger partial charge is 0.507 e. The van der Waals surface area contributed by atoms with Crippen LogP contribution in [0.5, 0.6) is 17.2 Å².